The van der Waals surface area contributed by atoms with Gasteiger partial charge in [-0.1, -0.05) is 0 Å². The van der Waals surface area contributed by atoms with Crippen molar-refractivity contribution in [3.63, 3.8) is 0 Å². The molecule has 1 aliphatic rings. The lowest BCUT2D eigenvalue weighted by molar-refractivity contribution is 0.0600. The fourth-order valence-electron chi connectivity index (χ4n) is 2.42. The van der Waals surface area contributed by atoms with Gasteiger partial charge in [-0.25, -0.2) is 9.78 Å². The van der Waals surface area contributed by atoms with Crippen molar-refractivity contribution in [3.8, 4) is 0 Å². The van der Waals surface area contributed by atoms with Gasteiger partial charge in [0.05, 0.1) is 18.4 Å². The smallest absolute Gasteiger partial charge is 0.339 e. The summed E-state index contributed by atoms with van der Waals surface area (Å²) in [6, 6.07) is 3.62. The van der Waals surface area contributed by atoms with Crippen LogP contribution in [0.5, 0.6) is 0 Å². The van der Waals surface area contributed by atoms with Gasteiger partial charge in [-0.05, 0) is 30.7 Å². The van der Waals surface area contributed by atoms with Crippen molar-refractivity contribution in [1.82, 2.24) is 9.38 Å². The number of carbonyl (C=O) groups excluding carboxylic acids is 1. The van der Waals surface area contributed by atoms with Crippen LogP contribution in [0, 0.1) is 0 Å². The second-order valence-electron chi connectivity index (χ2n) is 4.75. The van der Waals surface area contributed by atoms with Gasteiger partial charge in [-0.3, -0.25) is 0 Å². The van der Waals surface area contributed by atoms with E-state index in [2.05, 4.69) is 4.98 Å². The number of imidazole rings is 1. The first-order valence-electron chi connectivity index (χ1n) is 6.42. The van der Waals surface area contributed by atoms with Crippen molar-refractivity contribution in [2.24, 2.45) is 0 Å². The molecule has 1 saturated heterocycles. The summed E-state index contributed by atoms with van der Waals surface area (Å²) in [4.78, 5) is 16.2. The Balaban J connectivity index is 1.93. The van der Waals surface area contributed by atoms with E-state index >= 15 is 0 Å². The van der Waals surface area contributed by atoms with Gasteiger partial charge in [0.25, 0.3) is 0 Å². The molecule has 0 bridgehead atoms. The second kappa shape index (κ2) is 5.25. The number of rotatable bonds is 2. The molecule has 0 radical (unpaired) electrons. The van der Waals surface area contributed by atoms with Crippen LogP contribution < -0.4 is 0 Å². The van der Waals surface area contributed by atoms with E-state index in [1.165, 1.54) is 25.7 Å². The Hall–Kier alpha value is -1.49. The topological polar surface area (TPSA) is 43.6 Å². The van der Waals surface area contributed by atoms with E-state index in [-0.39, 0.29) is 5.97 Å². The number of fused-ring (bicyclic) bond motifs is 1. The third kappa shape index (κ3) is 2.47. The molecule has 0 aliphatic carbocycles. The molecule has 1 fully saturated rings. The van der Waals surface area contributed by atoms with E-state index in [4.69, 9.17) is 4.74 Å². The molecule has 1 atom stereocenters. The van der Waals surface area contributed by atoms with Gasteiger partial charge in [-0.2, -0.15) is 11.8 Å². The Morgan fingerprint density at radius 1 is 1.47 bits per heavy atom. The number of hydrogen-bond acceptors (Lipinski definition) is 4. The van der Waals surface area contributed by atoms with Gasteiger partial charge in [0, 0.05) is 24.1 Å². The maximum absolute atomic E-state index is 11.5. The van der Waals surface area contributed by atoms with Crippen molar-refractivity contribution >= 4 is 23.4 Å². The van der Waals surface area contributed by atoms with Crippen molar-refractivity contribution in [3.05, 3.63) is 35.8 Å². The zero-order valence-corrected chi connectivity index (χ0v) is 11.7. The third-order valence-electron chi connectivity index (χ3n) is 3.47. The predicted molar refractivity (Wildman–Crippen MR) is 75.8 cm³/mol. The normalized spacial score (nSPS) is 19.5. The number of thioether (sulfide) groups is 1. The van der Waals surface area contributed by atoms with Crippen LogP contribution in [0.3, 0.4) is 0 Å². The highest BCUT2D eigenvalue weighted by molar-refractivity contribution is 7.99. The Labute approximate surface area is 116 Å². The van der Waals surface area contributed by atoms with E-state index in [0.717, 1.165) is 17.1 Å². The highest BCUT2D eigenvalue weighted by Crippen LogP contribution is 2.30. The molecular formula is C14H16N2O2S. The number of nitrogens with zero attached hydrogens (tertiary/aromatic N) is 2. The largest absolute Gasteiger partial charge is 0.465 e. The molecule has 5 heteroatoms. The molecule has 0 amide bonds. The lowest BCUT2D eigenvalue weighted by Crippen LogP contribution is -2.08. The Morgan fingerprint density at radius 3 is 3.11 bits per heavy atom. The number of ether oxygens (including phenoxy) is 1. The van der Waals surface area contributed by atoms with Gasteiger partial charge >= 0.3 is 5.97 Å². The second-order valence-corrected chi connectivity index (χ2v) is 5.90. The van der Waals surface area contributed by atoms with Crippen LogP contribution in [0.25, 0.3) is 5.65 Å². The average Bonchev–Trinajstić information content (AvgIpc) is 2.90. The minimum absolute atomic E-state index is 0.314. The van der Waals surface area contributed by atoms with Crippen LogP contribution in [0.4, 0.5) is 0 Å². The summed E-state index contributed by atoms with van der Waals surface area (Å²) in [6.07, 6.45) is 6.29. The summed E-state index contributed by atoms with van der Waals surface area (Å²) in [7, 11) is 1.39. The molecule has 1 unspecified atom stereocenters. The highest BCUT2D eigenvalue weighted by atomic mass is 32.2. The van der Waals surface area contributed by atoms with E-state index in [0.29, 0.717) is 11.5 Å². The van der Waals surface area contributed by atoms with Crippen LogP contribution in [0.15, 0.2) is 24.5 Å². The summed E-state index contributed by atoms with van der Waals surface area (Å²) in [5.74, 6) is 2.63. The van der Waals surface area contributed by atoms with E-state index in [9.17, 15) is 4.79 Å². The molecule has 0 saturated carbocycles. The Morgan fingerprint density at radius 2 is 2.37 bits per heavy atom. The van der Waals surface area contributed by atoms with Crippen molar-refractivity contribution in [2.45, 2.75) is 18.8 Å². The minimum Gasteiger partial charge on any atom is -0.465 e. The summed E-state index contributed by atoms with van der Waals surface area (Å²) in [5.41, 5.74) is 2.57. The van der Waals surface area contributed by atoms with E-state index < -0.39 is 0 Å². The quantitative estimate of drug-likeness (QED) is 0.791. The number of pyridine rings is 1. The lowest BCUT2D eigenvalue weighted by Gasteiger charge is -2.18. The third-order valence-corrected chi connectivity index (χ3v) is 4.68. The molecule has 0 spiro atoms. The lowest BCUT2D eigenvalue weighted by atomic mass is 10.0. The van der Waals surface area contributed by atoms with Crippen LogP contribution in [-0.4, -0.2) is 34.0 Å². The molecular weight excluding hydrogens is 260 g/mol. The SMILES string of the molecule is COC(=O)c1ccc2nc(C3CCCSC3)cn2c1. The van der Waals surface area contributed by atoms with Gasteiger partial charge in [0.2, 0.25) is 0 Å². The van der Waals surface area contributed by atoms with Crippen LogP contribution in [0.1, 0.15) is 34.8 Å². The molecule has 3 heterocycles. The van der Waals surface area contributed by atoms with Crippen molar-refractivity contribution in [2.75, 3.05) is 18.6 Å². The first kappa shape index (κ1) is 12.5. The Kier molecular flexibility index (Phi) is 3.46. The fraction of sp³-hybridized carbons (Fsp3) is 0.429. The molecule has 1 aliphatic heterocycles. The number of esters is 1. The van der Waals surface area contributed by atoms with E-state index in [1.807, 2.05) is 28.4 Å². The summed E-state index contributed by atoms with van der Waals surface area (Å²) in [6.45, 7) is 0. The molecule has 0 N–H and O–H groups in total. The predicted octanol–water partition coefficient (Wildman–Crippen LogP) is 2.73. The zero-order valence-electron chi connectivity index (χ0n) is 10.8. The molecule has 0 aromatic carbocycles. The number of carbonyl (C=O) groups is 1. The van der Waals surface area contributed by atoms with Gasteiger partial charge in [-0.15, -0.1) is 0 Å². The van der Waals surface area contributed by atoms with Crippen LogP contribution in [0.2, 0.25) is 0 Å². The first-order valence-corrected chi connectivity index (χ1v) is 7.58. The van der Waals surface area contributed by atoms with Crippen molar-refractivity contribution < 1.29 is 9.53 Å². The molecule has 19 heavy (non-hydrogen) atoms. The minimum atomic E-state index is -0.314. The standard InChI is InChI=1S/C14H16N2O2S/c1-18-14(17)10-4-5-13-15-12(8-16(13)7-10)11-3-2-6-19-9-11/h4-5,7-8,11H,2-3,6,9H2,1H3. The summed E-state index contributed by atoms with van der Waals surface area (Å²) in [5, 5.41) is 0. The van der Waals surface area contributed by atoms with Gasteiger partial charge < -0.3 is 9.14 Å². The summed E-state index contributed by atoms with van der Waals surface area (Å²) < 4.78 is 6.65. The van der Waals surface area contributed by atoms with Crippen LogP contribution >= 0.6 is 11.8 Å². The maximum atomic E-state index is 11.5. The van der Waals surface area contributed by atoms with E-state index in [1.54, 1.807) is 12.3 Å². The fourth-order valence-corrected chi connectivity index (χ4v) is 3.58. The summed E-state index contributed by atoms with van der Waals surface area (Å²) >= 11 is 2.00. The molecule has 3 rings (SSSR count). The van der Waals surface area contributed by atoms with Crippen LogP contribution in [-0.2, 0) is 4.74 Å². The average molecular weight is 276 g/mol. The first-order chi connectivity index (χ1) is 9.28. The van der Waals surface area contributed by atoms with Crippen molar-refractivity contribution in [1.29, 1.82) is 0 Å². The number of methoxy groups -OCH3 is 1. The van der Waals surface area contributed by atoms with Gasteiger partial charge in [0.15, 0.2) is 0 Å². The zero-order chi connectivity index (χ0) is 13.2. The molecule has 4 nitrogen and oxygen atoms in total. The Bertz CT molecular complexity index is 603. The molecule has 2 aromatic rings. The monoisotopic (exact) mass is 276 g/mol. The highest BCUT2D eigenvalue weighted by Gasteiger charge is 2.19. The van der Waals surface area contributed by atoms with Gasteiger partial charge in [0.1, 0.15) is 5.65 Å². The number of hydrogen-bond donors (Lipinski definition) is 0. The molecule has 2 aromatic heterocycles. The number of aromatic nitrogens is 2. The maximum Gasteiger partial charge on any atom is 0.339 e. The molecule has 100 valence electrons.